The third-order valence-electron chi connectivity index (χ3n) is 6.55. The molecule has 1 unspecified atom stereocenters. The Balaban J connectivity index is 1.56. The monoisotopic (exact) mass is 527 g/mol. The number of alkyl halides is 3. The lowest BCUT2D eigenvalue weighted by atomic mass is 9.99. The number of hydrogen-bond acceptors (Lipinski definition) is 5. The van der Waals surface area contributed by atoms with Crippen LogP contribution in [0.15, 0.2) is 41.3 Å². The zero-order valence-corrected chi connectivity index (χ0v) is 20.1. The van der Waals surface area contributed by atoms with Crippen molar-refractivity contribution in [3.8, 4) is 0 Å². The zero-order valence-electron chi connectivity index (χ0n) is 19.3. The van der Waals surface area contributed by atoms with Crippen LogP contribution in [-0.4, -0.2) is 44.0 Å². The van der Waals surface area contributed by atoms with E-state index in [1.165, 1.54) is 23.1 Å². The van der Waals surface area contributed by atoms with Gasteiger partial charge in [-0.3, -0.25) is 9.59 Å². The van der Waals surface area contributed by atoms with Crippen LogP contribution in [0.3, 0.4) is 0 Å². The third-order valence-corrected chi connectivity index (χ3v) is 7.66. The van der Waals surface area contributed by atoms with E-state index in [0.717, 1.165) is 18.4 Å². The number of halogens is 4. The van der Waals surface area contributed by atoms with E-state index in [4.69, 9.17) is 5.73 Å². The Bertz CT molecular complexity index is 1310. The number of sulfone groups is 1. The van der Waals surface area contributed by atoms with E-state index in [1.54, 1.807) is 0 Å². The second kappa shape index (κ2) is 9.38. The molecular formula is C24H25F4N3O4S. The molecule has 3 N–H and O–H groups in total. The molecule has 0 spiro atoms. The molecule has 2 fully saturated rings. The number of likely N-dealkylation sites (tertiary alicyclic amines) is 1. The number of nitrogens with zero attached hydrogens (tertiary/aromatic N) is 1. The first-order valence-electron chi connectivity index (χ1n) is 11.3. The highest BCUT2D eigenvalue weighted by molar-refractivity contribution is 7.90. The highest BCUT2D eigenvalue weighted by Gasteiger charge is 2.41. The van der Waals surface area contributed by atoms with Gasteiger partial charge in [0.05, 0.1) is 22.1 Å². The molecule has 2 amide bonds. The molecule has 194 valence electrons. The largest absolute Gasteiger partial charge is 0.416 e. The molecule has 7 nitrogen and oxygen atoms in total. The maximum atomic E-state index is 14.7. The van der Waals surface area contributed by atoms with E-state index in [1.807, 2.05) is 0 Å². The van der Waals surface area contributed by atoms with Crippen molar-refractivity contribution in [2.24, 2.45) is 5.92 Å². The van der Waals surface area contributed by atoms with Crippen LogP contribution in [0.5, 0.6) is 0 Å². The Morgan fingerprint density at radius 2 is 1.81 bits per heavy atom. The van der Waals surface area contributed by atoms with E-state index in [0.29, 0.717) is 31.7 Å². The summed E-state index contributed by atoms with van der Waals surface area (Å²) >= 11 is 0. The van der Waals surface area contributed by atoms with Crippen molar-refractivity contribution in [1.82, 2.24) is 10.2 Å². The summed E-state index contributed by atoms with van der Waals surface area (Å²) in [6.45, 7) is 0.224. The molecule has 1 aliphatic carbocycles. The fourth-order valence-corrected chi connectivity index (χ4v) is 5.12. The van der Waals surface area contributed by atoms with Crippen molar-refractivity contribution in [3.05, 3.63) is 58.9 Å². The van der Waals surface area contributed by atoms with Crippen LogP contribution < -0.4 is 11.1 Å². The average Bonchev–Trinajstić information content (AvgIpc) is 3.51. The Labute approximate surface area is 205 Å². The minimum absolute atomic E-state index is 0.0418. The number of carbonyl (C=O) groups excluding carboxylic acids is 2. The summed E-state index contributed by atoms with van der Waals surface area (Å²) in [5.74, 6) is -2.37. The van der Waals surface area contributed by atoms with Crippen molar-refractivity contribution in [2.75, 3.05) is 18.5 Å². The van der Waals surface area contributed by atoms with Crippen molar-refractivity contribution in [3.63, 3.8) is 0 Å². The lowest BCUT2D eigenvalue weighted by molar-refractivity contribution is -0.137. The molecule has 2 aromatic carbocycles. The number of carbonyl (C=O) groups is 2. The van der Waals surface area contributed by atoms with Gasteiger partial charge >= 0.3 is 6.18 Å². The minimum atomic E-state index is -4.70. The number of rotatable bonds is 6. The number of nitrogens with one attached hydrogen (secondary N) is 1. The Kier molecular flexibility index (Phi) is 6.76. The third kappa shape index (κ3) is 5.32. The predicted octanol–water partition coefficient (Wildman–Crippen LogP) is 3.70. The summed E-state index contributed by atoms with van der Waals surface area (Å²) in [6.07, 6.45) is -1.54. The number of nitrogens with two attached hydrogens (primary N) is 1. The summed E-state index contributed by atoms with van der Waals surface area (Å²) in [5.41, 5.74) is 4.77. The van der Waals surface area contributed by atoms with E-state index in [2.05, 4.69) is 5.32 Å². The highest BCUT2D eigenvalue weighted by atomic mass is 32.2. The van der Waals surface area contributed by atoms with Gasteiger partial charge < -0.3 is 16.0 Å². The van der Waals surface area contributed by atoms with Gasteiger partial charge in [-0.05, 0) is 61.9 Å². The Morgan fingerprint density at radius 3 is 2.39 bits per heavy atom. The van der Waals surface area contributed by atoms with Gasteiger partial charge in [-0.25, -0.2) is 12.8 Å². The molecule has 1 saturated carbocycles. The molecule has 1 aliphatic heterocycles. The van der Waals surface area contributed by atoms with E-state index < -0.39 is 51.3 Å². The van der Waals surface area contributed by atoms with Crippen LogP contribution in [0, 0.1) is 11.7 Å². The average molecular weight is 528 g/mol. The smallest absolute Gasteiger partial charge is 0.398 e. The van der Waals surface area contributed by atoms with Crippen molar-refractivity contribution in [2.45, 2.75) is 48.8 Å². The van der Waals surface area contributed by atoms with E-state index >= 15 is 0 Å². The maximum Gasteiger partial charge on any atom is 0.416 e. The fourth-order valence-electron chi connectivity index (χ4n) is 4.47. The van der Waals surface area contributed by atoms with Crippen LogP contribution in [0.25, 0.3) is 0 Å². The molecule has 2 aromatic rings. The molecule has 0 radical (unpaired) electrons. The molecule has 4 rings (SSSR count). The zero-order chi connectivity index (χ0) is 26.4. The summed E-state index contributed by atoms with van der Waals surface area (Å²) in [6, 6.07) is 4.25. The first kappa shape index (κ1) is 25.9. The molecule has 1 heterocycles. The second-order valence-corrected chi connectivity index (χ2v) is 11.3. The van der Waals surface area contributed by atoms with Crippen molar-refractivity contribution < 1.29 is 35.6 Å². The van der Waals surface area contributed by atoms with Gasteiger partial charge in [0.2, 0.25) is 5.91 Å². The van der Waals surface area contributed by atoms with Gasteiger partial charge in [0, 0.05) is 24.1 Å². The minimum Gasteiger partial charge on any atom is -0.398 e. The Morgan fingerprint density at radius 1 is 1.11 bits per heavy atom. The number of nitrogen functional groups attached to an aromatic ring is 1. The molecule has 0 bridgehead atoms. The number of amides is 2. The number of anilines is 1. The second-order valence-electron chi connectivity index (χ2n) is 9.24. The fraction of sp³-hybridized carbons (Fsp3) is 0.417. The van der Waals surface area contributed by atoms with Gasteiger partial charge in [-0.1, -0.05) is 6.07 Å². The predicted molar refractivity (Wildman–Crippen MR) is 123 cm³/mol. The highest BCUT2D eigenvalue weighted by Crippen LogP contribution is 2.43. The van der Waals surface area contributed by atoms with E-state index in [-0.39, 0.29) is 34.2 Å². The summed E-state index contributed by atoms with van der Waals surface area (Å²) < 4.78 is 77.4. The lowest BCUT2D eigenvalue weighted by Gasteiger charge is -2.27. The van der Waals surface area contributed by atoms with Crippen LogP contribution in [0.2, 0.25) is 0 Å². The van der Waals surface area contributed by atoms with Gasteiger partial charge in [-0.15, -0.1) is 0 Å². The number of benzene rings is 2. The first-order chi connectivity index (χ1) is 16.8. The normalized spacial score (nSPS) is 19.2. The SMILES string of the molecule is CS(=O)(=O)c1ccc(N)c(C(=O)N2CCC[C@@H]2C(=O)NC(c2ccc(C(F)(F)F)cc2F)C2CC2)c1. The lowest BCUT2D eigenvalue weighted by Crippen LogP contribution is -2.47. The van der Waals surface area contributed by atoms with Crippen molar-refractivity contribution >= 4 is 27.3 Å². The molecule has 36 heavy (non-hydrogen) atoms. The summed E-state index contributed by atoms with van der Waals surface area (Å²) in [7, 11) is -3.61. The summed E-state index contributed by atoms with van der Waals surface area (Å²) in [4.78, 5) is 27.7. The maximum absolute atomic E-state index is 14.7. The van der Waals surface area contributed by atoms with Gasteiger partial charge in [-0.2, -0.15) is 13.2 Å². The van der Waals surface area contributed by atoms with Crippen LogP contribution in [0.1, 0.15) is 53.2 Å². The number of hydrogen-bond donors (Lipinski definition) is 2. The molecule has 12 heteroatoms. The molecular weight excluding hydrogens is 502 g/mol. The summed E-state index contributed by atoms with van der Waals surface area (Å²) in [5, 5.41) is 2.74. The topological polar surface area (TPSA) is 110 Å². The molecule has 2 aliphatic rings. The quantitative estimate of drug-likeness (QED) is 0.440. The molecule has 2 atom stereocenters. The van der Waals surface area contributed by atoms with E-state index in [9.17, 15) is 35.6 Å². The molecule has 0 aromatic heterocycles. The molecule has 1 saturated heterocycles. The standard InChI is InChI=1S/C24H25F4N3O4S/c1-36(34,35)15-7-9-19(29)17(12-15)23(33)31-10-2-3-20(31)22(32)30-21(13-4-5-13)16-8-6-14(11-18(16)25)24(26,27)28/h6-9,11-13,20-21H,2-5,10,29H2,1H3,(H,30,32)/t20-,21?/m1/s1. The van der Waals surface area contributed by atoms with Crippen LogP contribution in [-0.2, 0) is 20.8 Å². The van der Waals surface area contributed by atoms with Gasteiger partial charge in [0.1, 0.15) is 11.9 Å². The van der Waals surface area contributed by atoms with Gasteiger partial charge in [0.15, 0.2) is 9.84 Å². The Hall–Kier alpha value is -3.15. The van der Waals surface area contributed by atoms with Gasteiger partial charge in [0.25, 0.3) is 5.91 Å². The van der Waals surface area contributed by atoms with Crippen molar-refractivity contribution in [1.29, 1.82) is 0 Å². The van der Waals surface area contributed by atoms with Crippen LogP contribution in [0.4, 0.5) is 23.2 Å². The first-order valence-corrected chi connectivity index (χ1v) is 13.2. The van der Waals surface area contributed by atoms with Crippen LogP contribution >= 0.6 is 0 Å².